The Morgan fingerprint density at radius 1 is 0.255 bits per heavy atom. The molecule has 0 saturated carbocycles. The van der Waals surface area contributed by atoms with Gasteiger partial charge in [-0.25, -0.2) is 0 Å². The first-order valence-corrected chi connectivity index (χ1v) is 59.0. The highest BCUT2D eigenvalue weighted by Gasteiger charge is 2.34. The number of rotatable bonds is 80. The van der Waals surface area contributed by atoms with Crippen LogP contribution in [0.3, 0.4) is 0 Å². The zero-order valence-electron chi connectivity index (χ0n) is 92.3. The molecule has 0 fully saturated rings. The molecular weight excluding hydrogens is 2060 g/mol. The van der Waals surface area contributed by atoms with Crippen molar-refractivity contribution in [2.45, 2.75) is 277 Å². The standard InChI is InChI=1S/C43H64O10S4.C37H52O6.C35H56O6S4.C2H4OS/c1-9-52-41-35(27-48-15-11-19-54-31(3)44)23-39(24-36(41)28-49-16-12-20-55-32(4)45)43(7,8)40-25-37(29-50-17-13-21-56-33(5)46)42(53-10-2)38(26-40)30-51-18-14-22-57-34(6)47;1-9-15-19-40-27-31-23-33(21-29(25-38-17-11-3)35(31)42-13-5)37(7,8)34-22-30(26-39-18-12-4)36(43-14-6)32(24-34)28-41-20-16-10-2;1-5-40-33-27(23-36-11-7-15-42)19-31(20-28(33)24-37-12-8-16-43)35(3,4)32-21-29(25-38-13-9-17-44)34(41-6-2)30(22-32)26-39-14-10-18-45;1-2(3)4/h23-26H,9-22,27-30H2,1-8H3;9-12,21-24H,1-4,13-20,25-28H2,5-8H3;19-22,42-45H,5-18,23-26H2,1-4H3;1H3,(H,3,4). The van der Waals surface area contributed by atoms with E-state index in [4.69, 9.17) is 85.3 Å². The highest BCUT2D eigenvalue weighted by Crippen LogP contribution is 2.46. The lowest BCUT2D eigenvalue weighted by atomic mass is 9.76. The Hall–Kier alpha value is -5.90. The molecule has 0 aliphatic carbocycles. The number of carbonyl (C=O) groups excluding carboxylic acids is 5. The van der Waals surface area contributed by atoms with Crippen molar-refractivity contribution in [1.29, 1.82) is 0 Å². The Morgan fingerprint density at radius 3 is 0.537 bits per heavy atom. The van der Waals surface area contributed by atoms with Crippen LogP contribution in [-0.4, -0.2) is 191 Å². The smallest absolute Gasteiger partial charge is 0.185 e. The van der Waals surface area contributed by atoms with Crippen LogP contribution >= 0.6 is 110 Å². The summed E-state index contributed by atoms with van der Waals surface area (Å²) in [7, 11) is 0. The van der Waals surface area contributed by atoms with E-state index in [1.54, 1.807) is 39.8 Å². The molecule has 23 nitrogen and oxygen atoms in total. The van der Waals surface area contributed by atoms with Crippen molar-refractivity contribution < 1.29 is 109 Å². The Morgan fingerprint density at radius 2 is 0.403 bits per heavy atom. The summed E-state index contributed by atoms with van der Waals surface area (Å²) in [6, 6.07) is 26.3. The highest BCUT2D eigenvalue weighted by molar-refractivity contribution is 8.14. The third-order valence-corrected chi connectivity index (χ3v) is 27.6. The summed E-state index contributed by atoms with van der Waals surface area (Å²) in [6.45, 7) is 62.8. The largest absolute Gasteiger partial charge is 0.493 e. The summed E-state index contributed by atoms with van der Waals surface area (Å²) >= 11 is 25.9. The summed E-state index contributed by atoms with van der Waals surface area (Å²) in [4.78, 5) is 55.0. The molecule has 0 amide bonds. The van der Waals surface area contributed by atoms with Crippen LogP contribution in [0.5, 0.6) is 34.5 Å². The SMILES string of the molecule is C=CCCOCc1cc(C(C)(C)c2cc(COCC=C)c(OCC)c(COCCC=C)c2)cc(COCC=C)c1OCC.CC(=O)S.CCOc1c(COCCCS)cc(C(C)(C)c2cc(COCCCS)c(OCC)c(COCCCS)c2)cc1COCCCS.CCOc1c(COCCCSC(C)=O)cc(C(C)(C)c2cc(COCCCSC(C)=O)c(OCC)c(COCCCSC(C)=O)c2)cc1COCCCSC(C)=O. The Balaban J connectivity index is 0.000000569. The summed E-state index contributed by atoms with van der Waals surface area (Å²) in [6.07, 6.45) is 15.4. The summed E-state index contributed by atoms with van der Waals surface area (Å²) in [5, 5.41) is 0.248. The van der Waals surface area contributed by atoms with E-state index in [1.165, 1.54) is 54.0 Å². The van der Waals surface area contributed by atoms with Crippen LogP contribution in [-0.2, 0) is 176 Å². The average Bonchev–Trinajstić information content (AvgIpc) is 0.772. The van der Waals surface area contributed by atoms with E-state index < -0.39 is 10.8 Å². The molecule has 6 rings (SSSR count). The lowest BCUT2D eigenvalue weighted by Crippen LogP contribution is -2.22. The molecule has 6 aromatic rings. The number of hydrogen-bond acceptors (Lipinski definition) is 31. The van der Waals surface area contributed by atoms with Crippen LogP contribution < -0.4 is 28.4 Å². The Labute approximate surface area is 938 Å². The highest BCUT2D eigenvalue weighted by atomic mass is 32.2. The van der Waals surface area contributed by atoms with E-state index >= 15 is 0 Å². The van der Waals surface area contributed by atoms with Crippen LogP contribution in [0.1, 0.15) is 282 Å². The second-order valence-corrected chi connectivity index (χ2v) is 43.6. The molecule has 0 aromatic heterocycles. The molecule has 836 valence electrons. The fourth-order valence-electron chi connectivity index (χ4n) is 15.3. The van der Waals surface area contributed by atoms with Gasteiger partial charge < -0.3 is 85.3 Å². The first-order chi connectivity index (χ1) is 71.8. The van der Waals surface area contributed by atoms with Gasteiger partial charge in [0.15, 0.2) is 25.6 Å². The molecule has 0 bridgehead atoms. The maximum Gasteiger partial charge on any atom is 0.185 e. The van der Waals surface area contributed by atoms with E-state index in [9.17, 15) is 24.0 Å². The van der Waals surface area contributed by atoms with Gasteiger partial charge in [-0.1, -0.05) is 113 Å². The molecule has 0 heterocycles. The summed E-state index contributed by atoms with van der Waals surface area (Å²) in [5.41, 5.74) is 17.0. The minimum atomic E-state index is -0.519. The van der Waals surface area contributed by atoms with Crippen molar-refractivity contribution in [3.8, 4) is 34.5 Å². The minimum absolute atomic E-state index is 0.0966. The van der Waals surface area contributed by atoms with Gasteiger partial charge in [-0.2, -0.15) is 50.5 Å². The normalized spacial score (nSPS) is 11.4. The quantitative estimate of drug-likeness (QED) is 0.0135. The maximum absolute atomic E-state index is 11.4. The molecule has 0 saturated heterocycles. The minimum Gasteiger partial charge on any atom is -0.493 e. The van der Waals surface area contributed by atoms with Gasteiger partial charge in [0.2, 0.25) is 0 Å². The van der Waals surface area contributed by atoms with Crippen molar-refractivity contribution in [3.05, 3.63) is 224 Å². The van der Waals surface area contributed by atoms with E-state index in [0.29, 0.717) is 221 Å². The van der Waals surface area contributed by atoms with Crippen LogP contribution in [0, 0.1) is 0 Å². The molecule has 0 aliphatic heterocycles. The summed E-state index contributed by atoms with van der Waals surface area (Å²) in [5.74, 6) is 10.7. The Kier molecular flexibility index (Phi) is 76.1. The fourth-order valence-corrected chi connectivity index (χ4v) is 18.0. The zero-order valence-corrected chi connectivity index (χ0v) is 100. The average molecular weight is 2240 g/mol. The van der Waals surface area contributed by atoms with Crippen LogP contribution in [0.2, 0.25) is 0 Å². The number of ether oxygens (including phenoxy) is 18. The second-order valence-electron chi connectivity index (χ2n) is 36.1. The molecule has 0 spiro atoms. The van der Waals surface area contributed by atoms with Crippen LogP contribution in [0.25, 0.3) is 0 Å². The number of hydrogen-bond donors (Lipinski definition) is 5. The molecule has 6 aromatic carbocycles. The van der Waals surface area contributed by atoms with Crippen molar-refractivity contribution >= 4 is 136 Å². The molecule has 0 aliphatic rings. The fraction of sp³-hybridized carbons (Fsp3) is 0.581. The predicted octanol–water partition coefficient (Wildman–Crippen LogP) is 26.6. The van der Waals surface area contributed by atoms with Crippen LogP contribution in [0.15, 0.2) is 123 Å². The molecular formula is C117H176O23S9. The molecule has 0 atom stereocenters. The van der Waals surface area contributed by atoms with Gasteiger partial charge in [0.1, 0.15) is 34.5 Å². The summed E-state index contributed by atoms with van der Waals surface area (Å²) < 4.78 is 110. The van der Waals surface area contributed by atoms with Gasteiger partial charge in [-0.05, 0) is 235 Å². The van der Waals surface area contributed by atoms with E-state index in [0.717, 1.165) is 222 Å². The first-order valence-electron chi connectivity index (χ1n) is 52.0. The number of thiol groups is 5. The Bertz CT molecular complexity index is 4400. The van der Waals surface area contributed by atoms with Gasteiger partial charge >= 0.3 is 0 Å². The third kappa shape index (κ3) is 54.6. The molecule has 32 heteroatoms. The predicted molar refractivity (Wildman–Crippen MR) is 633 cm³/mol. The van der Waals surface area contributed by atoms with Crippen molar-refractivity contribution in [3.63, 3.8) is 0 Å². The third-order valence-electron chi connectivity index (χ3n) is 22.8. The van der Waals surface area contributed by atoms with Crippen molar-refractivity contribution in [1.82, 2.24) is 0 Å². The number of carbonyl (C=O) groups is 5. The van der Waals surface area contributed by atoms with Crippen LogP contribution in [0.4, 0.5) is 0 Å². The lowest BCUT2D eigenvalue weighted by Gasteiger charge is -2.30. The van der Waals surface area contributed by atoms with Gasteiger partial charge in [0, 0.05) is 193 Å². The van der Waals surface area contributed by atoms with E-state index in [-0.39, 0.29) is 31.0 Å². The van der Waals surface area contributed by atoms with Gasteiger partial charge in [0.05, 0.1) is 145 Å². The maximum atomic E-state index is 11.4. The van der Waals surface area contributed by atoms with Gasteiger partial charge in [-0.15, -0.1) is 38.9 Å². The molecule has 0 radical (unpaired) electrons. The van der Waals surface area contributed by atoms with E-state index in [2.05, 4.69) is 204 Å². The molecule has 0 N–H and O–H groups in total. The monoisotopic (exact) mass is 2240 g/mol. The number of thioether (sulfide) groups is 4. The van der Waals surface area contributed by atoms with Crippen molar-refractivity contribution in [2.75, 3.05) is 165 Å². The first kappa shape index (κ1) is 137. The second kappa shape index (κ2) is 82.6. The van der Waals surface area contributed by atoms with Gasteiger partial charge in [0.25, 0.3) is 0 Å². The molecule has 149 heavy (non-hydrogen) atoms. The molecule has 0 unspecified atom stereocenters. The zero-order chi connectivity index (χ0) is 110. The lowest BCUT2D eigenvalue weighted by molar-refractivity contribution is -0.109. The van der Waals surface area contributed by atoms with E-state index in [1.807, 2.05) is 53.7 Å². The van der Waals surface area contributed by atoms with Gasteiger partial charge in [-0.3, -0.25) is 24.0 Å². The number of benzene rings is 6. The van der Waals surface area contributed by atoms with Crippen molar-refractivity contribution in [2.24, 2.45) is 0 Å². The topological polar surface area (TPSA) is 251 Å².